The van der Waals surface area contributed by atoms with Crippen molar-refractivity contribution < 1.29 is 17.6 Å². The molecule has 2 aromatic rings. The smallest absolute Gasteiger partial charge is 0.314 e. The minimum Gasteiger partial charge on any atom is -0.314 e. The Hall–Kier alpha value is -3.13. The summed E-state index contributed by atoms with van der Waals surface area (Å²) < 4.78 is 41.2. The van der Waals surface area contributed by atoms with E-state index in [1.165, 1.54) is 22.6 Å². The van der Waals surface area contributed by atoms with E-state index in [1.54, 1.807) is 15.7 Å². The first-order valence-corrected chi connectivity index (χ1v) is 10.7. The zero-order valence-electron chi connectivity index (χ0n) is 15.7. The highest BCUT2D eigenvalue weighted by atomic mass is 32.2. The lowest BCUT2D eigenvalue weighted by molar-refractivity contribution is 0.162. The third-order valence-electron chi connectivity index (χ3n) is 5.18. The van der Waals surface area contributed by atoms with Crippen molar-refractivity contribution in [1.82, 2.24) is 14.7 Å². The molecule has 0 bridgehead atoms. The van der Waals surface area contributed by atoms with Crippen LogP contribution in [0.3, 0.4) is 0 Å². The van der Waals surface area contributed by atoms with Crippen LogP contribution < -0.4 is 9.62 Å². The second-order valence-corrected chi connectivity index (χ2v) is 9.13. The largest absolute Gasteiger partial charge is 0.322 e. The van der Waals surface area contributed by atoms with E-state index in [0.717, 1.165) is 6.07 Å². The van der Waals surface area contributed by atoms with Crippen LogP contribution in [0.4, 0.5) is 20.6 Å². The zero-order chi connectivity index (χ0) is 20.8. The quantitative estimate of drug-likeness (QED) is 0.800. The Morgan fingerprint density at radius 2 is 2.21 bits per heavy atom. The number of anilines is 2. The van der Waals surface area contributed by atoms with Crippen LogP contribution in [0, 0.1) is 17.1 Å². The number of hydrogen-bond donors (Lipinski definition) is 1. The van der Waals surface area contributed by atoms with Gasteiger partial charge in [0.15, 0.2) is 0 Å². The molecule has 29 heavy (non-hydrogen) atoms. The number of halogens is 1. The predicted octanol–water partition coefficient (Wildman–Crippen LogP) is 1.87. The van der Waals surface area contributed by atoms with Gasteiger partial charge in [0.05, 0.1) is 48.0 Å². The molecule has 2 amide bonds. The van der Waals surface area contributed by atoms with Crippen LogP contribution in [0.15, 0.2) is 24.4 Å². The maximum Gasteiger partial charge on any atom is 0.322 e. The molecule has 1 fully saturated rings. The van der Waals surface area contributed by atoms with Gasteiger partial charge in [-0.2, -0.15) is 10.4 Å². The summed E-state index contributed by atoms with van der Waals surface area (Å²) in [4.78, 5) is 14.4. The van der Waals surface area contributed by atoms with E-state index in [4.69, 9.17) is 5.26 Å². The van der Waals surface area contributed by atoms with Gasteiger partial charge in [-0.3, -0.25) is 8.99 Å². The molecule has 1 N–H and O–H groups in total. The number of rotatable bonds is 2. The predicted molar refractivity (Wildman–Crippen MR) is 103 cm³/mol. The van der Waals surface area contributed by atoms with Crippen molar-refractivity contribution in [2.24, 2.45) is 0 Å². The van der Waals surface area contributed by atoms with Crippen molar-refractivity contribution in [2.75, 3.05) is 21.9 Å². The van der Waals surface area contributed by atoms with Gasteiger partial charge in [0.1, 0.15) is 11.9 Å². The summed E-state index contributed by atoms with van der Waals surface area (Å²) in [6.07, 6.45) is 2.09. The summed E-state index contributed by atoms with van der Waals surface area (Å²) >= 11 is 0. The third-order valence-corrected chi connectivity index (χ3v) is 7.04. The summed E-state index contributed by atoms with van der Waals surface area (Å²) in [5.41, 5.74) is 1.30. The first-order chi connectivity index (χ1) is 13.8. The number of nitrogens with zero attached hydrogens (tertiary/aromatic N) is 5. The molecule has 11 heteroatoms. The molecule has 0 aliphatic carbocycles. The molecule has 0 saturated carbocycles. The van der Waals surface area contributed by atoms with E-state index < -0.39 is 21.9 Å². The van der Waals surface area contributed by atoms with E-state index in [9.17, 15) is 17.6 Å². The van der Waals surface area contributed by atoms with Gasteiger partial charge in [-0.15, -0.1) is 0 Å². The van der Waals surface area contributed by atoms with E-state index in [2.05, 4.69) is 10.4 Å². The van der Waals surface area contributed by atoms with Gasteiger partial charge in [0, 0.05) is 12.2 Å². The van der Waals surface area contributed by atoms with Crippen LogP contribution in [0.1, 0.15) is 24.6 Å². The van der Waals surface area contributed by atoms with Gasteiger partial charge in [0.25, 0.3) is 0 Å². The number of benzene rings is 1. The standard InChI is InChI=1S/C18H19FN6O3S/c1-12-10-24-17(16(9-21-24)25-5-2-6-29(25,27)28)11-23(12)18(26)22-14-3-4-15(19)13(7-14)8-20/h3-4,7,9,12H,2,5-6,10-11H2,1H3,(H,22,26)/t12-/m0/s1. The maximum absolute atomic E-state index is 13.5. The second-order valence-electron chi connectivity index (χ2n) is 7.11. The zero-order valence-corrected chi connectivity index (χ0v) is 16.5. The summed E-state index contributed by atoms with van der Waals surface area (Å²) in [5.74, 6) is -0.554. The number of aromatic nitrogens is 2. The minimum absolute atomic E-state index is 0.101. The van der Waals surface area contributed by atoms with Crippen molar-refractivity contribution in [3.05, 3.63) is 41.5 Å². The number of amides is 2. The average molecular weight is 418 g/mol. The van der Waals surface area contributed by atoms with E-state index in [1.807, 2.05) is 6.92 Å². The van der Waals surface area contributed by atoms with Crippen molar-refractivity contribution in [3.63, 3.8) is 0 Å². The maximum atomic E-state index is 13.5. The number of fused-ring (bicyclic) bond motifs is 1. The molecule has 0 spiro atoms. The SMILES string of the molecule is C[C@H]1Cn2ncc(N3CCCS3(=O)=O)c2CN1C(=O)Nc1ccc(F)c(C#N)c1. The number of nitriles is 1. The lowest BCUT2D eigenvalue weighted by Crippen LogP contribution is -2.47. The highest BCUT2D eigenvalue weighted by Crippen LogP contribution is 2.31. The number of nitrogens with one attached hydrogen (secondary N) is 1. The molecule has 2 aliphatic rings. The fourth-order valence-corrected chi connectivity index (χ4v) is 5.23. The summed E-state index contributed by atoms with van der Waals surface area (Å²) in [5, 5.41) is 15.9. The van der Waals surface area contributed by atoms with Gasteiger partial charge < -0.3 is 10.2 Å². The first kappa shape index (κ1) is 19.2. The van der Waals surface area contributed by atoms with Gasteiger partial charge >= 0.3 is 6.03 Å². The van der Waals surface area contributed by atoms with Crippen LogP contribution >= 0.6 is 0 Å². The molecule has 1 aromatic heterocycles. The molecule has 2 aliphatic heterocycles. The molecule has 1 saturated heterocycles. The van der Waals surface area contributed by atoms with Crippen LogP contribution in [-0.2, 0) is 23.1 Å². The highest BCUT2D eigenvalue weighted by molar-refractivity contribution is 7.93. The lowest BCUT2D eigenvalue weighted by atomic mass is 10.2. The van der Waals surface area contributed by atoms with Crippen LogP contribution in [0.25, 0.3) is 0 Å². The van der Waals surface area contributed by atoms with E-state index in [-0.39, 0.29) is 23.9 Å². The van der Waals surface area contributed by atoms with Crippen molar-refractivity contribution in [2.45, 2.75) is 32.5 Å². The number of carbonyl (C=O) groups is 1. The summed E-state index contributed by atoms with van der Waals surface area (Å²) in [7, 11) is -3.36. The van der Waals surface area contributed by atoms with Crippen molar-refractivity contribution in [3.8, 4) is 6.07 Å². The highest BCUT2D eigenvalue weighted by Gasteiger charge is 2.35. The Balaban J connectivity index is 1.58. The Morgan fingerprint density at radius 1 is 1.41 bits per heavy atom. The Morgan fingerprint density at radius 3 is 2.90 bits per heavy atom. The number of sulfonamides is 1. The van der Waals surface area contributed by atoms with Gasteiger partial charge in [0.2, 0.25) is 10.0 Å². The van der Waals surface area contributed by atoms with Gasteiger partial charge in [-0.1, -0.05) is 0 Å². The monoisotopic (exact) mass is 418 g/mol. The fraction of sp³-hybridized carbons (Fsp3) is 0.389. The molecule has 152 valence electrons. The Labute approximate surface area is 167 Å². The fourth-order valence-electron chi connectivity index (χ4n) is 3.66. The molecular weight excluding hydrogens is 399 g/mol. The molecule has 9 nitrogen and oxygen atoms in total. The lowest BCUT2D eigenvalue weighted by Gasteiger charge is -2.35. The number of carbonyl (C=O) groups excluding carboxylic acids is 1. The minimum atomic E-state index is -3.36. The normalized spacial score (nSPS) is 20.2. The molecule has 3 heterocycles. The summed E-state index contributed by atoms with van der Waals surface area (Å²) in [6, 6.07) is 4.91. The summed E-state index contributed by atoms with van der Waals surface area (Å²) in [6.45, 7) is 2.86. The van der Waals surface area contributed by atoms with Crippen LogP contribution in [-0.4, -0.2) is 47.5 Å². The van der Waals surface area contributed by atoms with Crippen LogP contribution in [0.2, 0.25) is 0 Å². The van der Waals surface area contributed by atoms with E-state index >= 15 is 0 Å². The van der Waals surface area contributed by atoms with Crippen molar-refractivity contribution in [1.29, 1.82) is 5.26 Å². The molecule has 0 unspecified atom stereocenters. The average Bonchev–Trinajstić information content (AvgIpc) is 3.23. The number of urea groups is 1. The molecule has 1 aromatic carbocycles. The second kappa shape index (κ2) is 7.04. The van der Waals surface area contributed by atoms with E-state index in [0.29, 0.717) is 36.6 Å². The molecule has 4 rings (SSSR count). The van der Waals surface area contributed by atoms with Gasteiger partial charge in [-0.25, -0.2) is 17.6 Å². The van der Waals surface area contributed by atoms with Gasteiger partial charge in [-0.05, 0) is 31.5 Å². The Kier molecular flexibility index (Phi) is 4.66. The molecule has 1 atom stereocenters. The third kappa shape index (κ3) is 3.40. The Bertz CT molecular complexity index is 1120. The molecule has 0 radical (unpaired) electrons. The first-order valence-electron chi connectivity index (χ1n) is 9.12. The number of hydrogen-bond acceptors (Lipinski definition) is 5. The van der Waals surface area contributed by atoms with Crippen LogP contribution in [0.5, 0.6) is 0 Å². The molecular formula is C18H19FN6O3S. The topological polar surface area (TPSA) is 111 Å². The van der Waals surface area contributed by atoms with Crippen molar-refractivity contribution >= 4 is 27.4 Å².